The van der Waals surface area contributed by atoms with E-state index in [0.717, 1.165) is 46.1 Å². The monoisotopic (exact) mass is 455 g/mol. The lowest BCUT2D eigenvalue weighted by Crippen LogP contribution is -2.48. The molecule has 0 spiro atoms. The highest BCUT2D eigenvalue weighted by molar-refractivity contribution is 14.1. The lowest BCUT2D eigenvalue weighted by molar-refractivity contribution is -0.117. The maximum Gasteiger partial charge on any atom is 0.238 e. The molecule has 2 aromatic rings. The highest BCUT2D eigenvalue weighted by atomic mass is 127. The molecule has 6 heteroatoms. The quantitative estimate of drug-likeness (QED) is 0.714. The Labute approximate surface area is 160 Å². The van der Waals surface area contributed by atoms with Crippen LogP contribution in [0.1, 0.15) is 0 Å². The zero-order valence-corrected chi connectivity index (χ0v) is 16.1. The van der Waals surface area contributed by atoms with Crippen LogP contribution in [0.15, 0.2) is 48.5 Å². The fourth-order valence-electron chi connectivity index (χ4n) is 2.79. The molecule has 1 aliphatic heterocycles. The minimum absolute atomic E-state index is 0.0300. The Morgan fingerprint density at radius 3 is 2.38 bits per heavy atom. The summed E-state index contributed by atoms with van der Waals surface area (Å²) < 4.78 is 1.15. The molecular formula is C18H19ClIN3O. The van der Waals surface area contributed by atoms with Crippen molar-refractivity contribution in [3.8, 4) is 0 Å². The van der Waals surface area contributed by atoms with Crippen molar-refractivity contribution in [1.82, 2.24) is 4.90 Å². The largest absolute Gasteiger partial charge is 0.368 e. The number of hydrogen-bond donors (Lipinski definition) is 1. The number of para-hydroxylation sites is 1. The molecule has 3 rings (SSSR count). The Balaban J connectivity index is 1.49. The van der Waals surface area contributed by atoms with E-state index in [9.17, 15) is 4.79 Å². The molecular weight excluding hydrogens is 437 g/mol. The Bertz CT molecular complexity index is 700. The van der Waals surface area contributed by atoms with Gasteiger partial charge in [0.25, 0.3) is 0 Å². The van der Waals surface area contributed by atoms with Gasteiger partial charge in [-0.25, -0.2) is 0 Å². The summed E-state index contributed by atoms with van der Waals surface area (Å²) >= 11 is 8.51. The Morgan fingerprint density at radius 2 is 1.71 bits per heavy atom. The standard InChI is InChI=1S/C18H19ClIN3O/c19-16-3-1-2-4-17(16)23-11-9-22(10-12-23)13-18(24)21-15-7-5-14(20)6-8-15/h1-8H,9-13H2,(H,21,24). The Kier molecular flexibility index (Phi) is 5.97. The van der Waals surface area contributed by atoms with Crippen LogP contribution in [-0.4, -0.2) is 43.5 Å². The number of anilines is 2. The third kappa shape index (κ3) is 4.62. The van der Waals surface area contributed by atoms with Crippen LogP contribution in [0.25, 0.3) is 0 Å². The first-order valence-corrected chi connectivity index (χ1v) is 9.35. The molecule has 0 unspecified atom stereocenters. The topological polar surface area (TPSA) is 35.6 Å². The molecule has 0 aromatic heterocycles. The second kappa shape index (κ2) is 8.18. The zero-order chi connectivity index (χ0) is 16.9. The maximum absolute atomic E-state index is 12.2. The van der Waals surface area contributed by atoms with Gasteiger partial charge in [-0.2, -0.15) is 0 Å². The van der Waals surface area contributed by atoms with Crippen LogP contribution in [0.2, 0.25) is 5.02 Å². The molecule has 1 heterocycles. The molecule has 0 saturated carbocycles. The summed E-state index contributed by atoms with van der Waals surface area (Å²) in [6.07, 6.45) is 0. The van der Waals surface area contributed by atoms with E-state index in [1.807, 2.05) is 48.5 Å². The number of piperazine rings is 1. The molecule has 4 nitrogen and oxygen atoms in total. The van der Waals surface area contributed by atoms with Crippen molar-refractivity contribution in [2.75, 3.05) is 42.9 Å². The summed E-state index contributed by atoms with van der Waals surface area (Å²) in [4.78, 5) is 16.6. The summed E-state index contributed by atoms with van der Waals surface area (Å²) in [5, 5.41) is 3.73. The number of nitrogens with one attached hydrogen (secondary N) is 1. The molecule has 0 aliphatic carbocycles. The van der Waals surface area contributed by atoms with Gasteiger partial charge in [-0.1, -0.05) is 23.7 Å². The highest BCUT2D eigenvalue weighted by Crippen LogP contribution is 2.25. The van der Waals surface area contributed by atoms with Crippen LogP contribution < -0.4 is 10.2 Å². The summed E-state index contributed by atoms with van der Waals surface area (Å²) in [7, 11) is 0. The smallest absolute Gasteiger partial charge is 0.238 e. The van der Waals surface area contributed by atoms with E-state index >= 15 is 0 Å². The number of hydrogen-bond acceptors (Lipinski definition) is 3. The average Bonchev–Trinajstić information content (AvgIpc) is 2.58. The first-order valence-electron chi connectivity index (χ1n) is 7.89. The predicted molar refractivity (Wildman–Crippen MR) is 108 cm³/mol. The van der Waals surface area contributed by atoms with Crippen molar-refractivity contribution < 1.29 is 4.79 Å². The Morgan fingerprint density at radius 1 is 1.04 bits per heavy atom. The van der Waals surface area contributed by atoms with Crippen molar-refractivity contribution in [3.63, 3.8) is 0 Å². The molecule has 1 fully saturated rings. The maximum atomic E-state index is 12.2. The van der Waals surface area contributed by atoms with E-state index < -0.39 is 0 Å². The molecule has 0 atom stereocenters. The summed E-state index contributed by atoms with van der Waals surface area (Å²) in [6, 6.07) is 15.7. The van der Waals surface area contributed by atoms with Crippen LogP contribution in [0.4, 0.5) is 11.4 Å². The third-order valence-corrected chi connectivity index (χ3v) is 5.10. The summed E-state index contributed by atoms with van der Waals surface area (Å²) in [5.74, 6) is 0.0300. The highest BCUT2D eigenvalue weighted by Gasteiger charge is 2.20. The number of halogens is 2. The lowest BCUT2D eigenvalue weighted by atomic mass is 10.2. The predicted octanol–water partition coefficient (Wildman–Crippen LogP) is 3.71. The van der Waals surface area contributed by atoms with Gasteiger partial charge in [-0.05, 0) is 59.0 Å². The van der Waals surface area contributed by atoms with E-state index in [0.29, 0.717) is 6.54 Å². The summed E-state index contributed by atoms with van der Waals surface area (Å²) in [5.41, 5.74) is 1.91. The molecule has 126 valence electrons. The zero-order valence-electron chi connectivity index (χ0n) is 13.2. The van der Waals surface area contributed by atoms with E-state index in [1.54, 1.807) is 0 Å². The molecule has 1 aliphatic rings. The minimum atomic E-state index is 0.0300. The number of carbonyl (C=O) groups excluding carboxylic acids is 1. The molecule has 24 heavy (non-hydrogen) atoms. The van der Waals surface area contributed by atoms with Crippen LogP contribution in [0.3, 0.4) is 0 Å². The van der Waals surface area contributed by atoms with Gasteiger partial charge >= 0.3 is 0 Å². The van der Waals surface area contributed by atoms with Crippen LogP contribution in [-0.2, 0) is 4.79 Å². The van der Waals surface area contributed by atoms with Crippen molar-refractivity contribution >= 4 is 51.5 Å². The van der Waals surface area contributed by atoms with E-state index in [1.165, 1.54) is 0 Å². The van der Waals surface area contributed by atoms with Gasteiger partial charge in [0, 0.05) is 35.4 Å². The molecule has 2 aromatic carbocycles. The number of rotatable bonds is 4. The minimum Gasteiger partial charge on any atom is -0.368 e. The SMILES string of the molecule is O=C(CN1CCN(c2ccccc2Cl)CC1)Nc1ccc(I)cc1. The van der Waals surface area contributed by atoms with Gasteiger partial charge in [0.1, 0.15) is 0 Å². The Hall–Kier alpha value is -1.31. The first-order chi connectivity index (χ1) is 11.6. The first kappa shape index (κ1) is 17.5. The number of carbonyl (C=O) groups is 1. The second-order valence-electron chi connectivity index (χ2n) is 5.77. The van der Waals surface area contributed by atoms with E-state index in [4.69, 9.17) is 11.6 Å². The normalized spacial score (nSPS) is 15.3. The van der Waals surface area contributed by atoms with Gasteiger partial charge < -0.3 is 10.2 Å². The second-order valence-corrected chi connectivity index (χ2v) is 7.42. The van der Waals surface area contributed by atoms with Gasteiger partial charge in [0.15, 0.2) is 0 Å². The van der Waals surface area contributed by atoms with Crippen LogP contribution in [0, 0.1) is 3.57 Å². The van der Waals surface area contributed by atoms with Crippen molar-refractivity contribution in [3.05, 3.63) is 57.1 Å². The number of nitrogens with zero attached hydrogens (tertiary/aromatic N) is 2. The molecule has 1 amide bonds. The van der Waals surface area contributed by atoms with Crippen LogP contribution in [0.5, 0.6) is 0 Å². The van der Waals surface area contributed by atoms with Gasteiger partial charge in [0.2, 0.25) is 5.91 Å². The average molecular weight is 456 g/mol. The molecule has 1 N–H and O–H groups in total. The number of amides is 1. The van der Waals surface area contributed by atoms with E-state index in [2.05, 4.69) is 37.7 Å². The van der Waals surface area contributed by atoms with Gasteiger partial charge in [0.05, 0.1) is 17.3 Å². The van der Waals surface area contributed by atoms with Gasteiger partial charge in [-0.3, -0.25) is 9.69 Å². The van der Waals surface area contributed by atoms with Gasteiger partial charge in [-0.15, -0.1) is 0 Å². The van der Waals surface area contributed by atoms with Crippen molar-refractivity contribution in [2.24, 2.45) is 0 Å². The fourth-order valence-corrected chi connectivity index (χ4v) is 3.41. The number of benzene rings is 2. The molecule has 1 saturated heterocycles. The van der Waals surface area contributed by atoms with Crippen LogP contribution >= 0.6 is 34.2 Å². The molecule has 0 bridgehead atoms. The fraction of sp³-hybridized carbons (Fsp3) is 0.278. The molecule has 0 radical (unpaired) electrons. The lowest BCUT2D eigenvalue weighted by Gasteiger charge is -2.36. The van der Waals surface area contributed by atoms with E-state index in [-0.39, 0.29) is 5.91 Å². The van der Waals surface area contributed by atoms with Crippen molar-refractivity contribution in [2.45, 2.75) is 0 Å². The van der Waals surface area contributed by atoms with Crippen molar-refractivity contribution in [1.29, 1.82) is 0 Å². The third-order valence-electron chi connectivity index (χ3n) is 4.06. The summed E-state index contributed by atoms with van der Waals surface area (Å²) in [6.45, 7) is 3.88.